The van der Waals surface area contributed by atoms with Crippen molar-refractivity contribution in [1.29, 1.82) is 0 Å². The zero-order valence-corrected chi connectivity index (χ0v) is 10.7. The number of aldehydes is 1. The third-order valence-electron chi connectivity index (χ3n) is 2.18. The van der Waals surface area contributed by atoms with E-state index in [1.807, 2.05) is 0 Å². The Kier molecular flexibility index (Phi) is 18.2. The van der Waals surface area contributed by atoms with E-state index in [2.05, 4.69) is 6.92 Å². The Morgan fingerprint density at radius 3 is 1.75 bits per heavy atom. The molecule has 0 atom stereocenters. The third-order valence-corrected chi connectivity index (χ3v) is 2.18. The quantitative estimate of drug-likeness (QED) is 0.484. The highest BCUT2D eigenvalue weighted by Crippen LogP contribution is 2.08. The molecule has 16 heavy (non-hydrogen) atoms. The van der Waals surface area contributed by atoms with E-state index in [1.54, 1.807) is 0 Å². The molecule has 0 aromatic rings. The number of carboxylic acids is 1. The first kappa shape index (κ1) is 17.5. The van der Waals surface area contributed by atoms with Crippen LogP contribution in [0.15, 0.2) is 0 Å². The SMILES string of the molecule is CC(=O)O.CCCCCCCCCCC=O. The highest BCUT2D eigenvalue weighted by Gasteiger charge is 1.90. The molecule has 0 heterocycles. The third kappa shape index (κ3) is 29.2. The van der Waals surface area contributed by atoms with Crippen molar-refractivity contribution >= 4 is 12.3 Å². The van der Waals surface area contributed by atoms with Gasteiger partial charge in [0, 0.05) is 13.3 Å². The van der Waals surface area contributed by atoms with Crippen molar-refractivity contribution in [3.05, 3.63) is 0 Å². The molecule has 0 unspecified atom stereocenters. The summed E-state index contributed by atoms with van der Waals surface area (Å²) in [6.07, 6.45) is 12.3. The Hall–Kier alpha value is -0.860. The lowest BCUT2D eigenvalue weighted by atomic mass is 10.1. The maximum absolute atomic E-state index is 9.98. The van der Waals surface area contributed by atoms with Crippen LogP contribution in [0.4, 0.5) is 0 Å². The minimum absolute atomic E-state index is 0.759. The van der Waals surface area contributed by atoms with Crippen LogP contribution in [0, 0.1) is 0 Å². The molecule has 3 nitrogen and oxygen atoms in total. The normalized spacial score (nSPS) is 9.12. The van der Waals surface area contributed by atoms with Gasteiger partial charge in [-0.3, -0.25) is 4.79 Å². The fourth-order valence-corrected chi connectivity index (χ4v) is 1.36. The number of carbonyl (C=O) groups is 2. The first-order valence-corrected chi connectivity index (χ1v) is 6.28. The van der Waals surface area contributed by atoms with Crippen molar-refractivity contribution in [2.45, 2.75) is 71.6 Å². The molecule has 0 saturated carbocycles. The predicted molar refractivity (Wildman–Crippen MR) is 66.6 cm³/mol. The molecular weight excluding hydrogens is 204 g/mol. The van der Waals surface area contributed by atoms with Gasteiger partial charge < -0.3 is 9.90 Å². The van der Waals surface area contributed by atoms with Gasteiger partial charge in [0.2, 0.25) is 0 Å². The molecule has 0 fully saturated rings. The van der Waals surface area contributed by atoms with Crippen LogP contribution in [-0.4, -0.2) is 17.4 Å². The van der Waals surface area contributed by atoms with Crippen LogP contribution < -0.4 is 0 Å². The molecule has 3 heteroatoms. The van der Waals surface area contributed by atoms with Crippen molar-refractivity contribution in [2.75, 3.05) is 0 Å². The van der Waals surface area contributed by atoms with Crippen LogP contribution in [0.2, 0.25) is 0 Å². The van der Waals surface area contributed by atoms with Gasteiger partial charge in [0.1, 0.15) is 6.29 Å². The number of rotatable bonds is 9. The lowest BCUT2D eigenvalue weighted by Gasteiger charge is -1.98. The van der Waals surface area contributed by atoms with Gasteiger partial charge in [-0.15, -0.1) is 0 Å². The second kappa shape index (κ2) is 16.6. The summed E-state index contributed by atoms with van der Waals surface area (Å²) in [6, 6.07) is 0. The second-order valence-electron chi connectivity index (χ2n) is 3.95. The van der Waals surface area contributed by atoms with Gasteiger partial charge in [-0.05, 0) is 6.42 Å². The summed E-state index contributed by atoms with van der Waals surface area (Å²) in [6.45, 7) is 3.32. The van der Waals surface area contributed by atoms with Crippen molar-refractivity contribution < 1.29 is 14.7 Å². The van der Waals surface area contributed by atoms with Gasteiger partial charge in [0.15, 0.2) is 0 Å². The topological polar surface area (TPSA) is 54.4 Å². The van der Waals surface area contributed by atoms with Crippen molar-refractivity contribution in [1.82, 2.24) is 0 Å². The number of unbranched alkanes of at least 4 members (excludes halogenated alkanes) is 8. The van der Waals surface area contributed by atoms with E-state index >= 15 is 0 Å². The van der Waals surface area contributed by atoms with Gasteiger partial charge in [-0.2, -0.15) is 0 Å². The fourth-order valence-electron chi connectivity index (χ4n) is 1.36. The monoisotopic (exact) mass is 230 g/mol. The molecule has 0 radical (unpaired) electrons. The molecule has 0 saturated heterocycles. The van der Waals surface area contributed by atoms with Gasteiger partial charge in [0.05, 0.1) is 0 Å². The summed E-state index contributed by atoms with van der Waals surface area (Å²) in [5.41, 5.74) is 0. The fraction of sp³-hybridized carbons (Fsp3) is 0.846. The molecular formula is C13H26O3. The summed E-state index contributed by atoms with van der Waals surface area (Å²) in [5, 5.41) is 7.42. The number of carboxylic acid groups (broad SMARTS) is 1. The van der Waals surface area contributed by atoms with E-state index in [-0.39, 0.29) is 0 Å². The van der Waals surface area contributed by atoms with E-state index < -0.39 is 5.97 Å². The summed E-state index contributed by atoms with van der Waals surface area (Å²) >= 11 is 0. The zero-order chi connectivity index (χ0) is 12.6. The Morgan fingerprint density at radius 1 is 1.00 bits per heavy atom. The van der Waals surface area contributed by atoms with E-state index in [0.717, 1.165) is 26.1 Å². The van der Waals surface area contributed by atoms with Crippen LogP contribution in [0.25, 0.3) is 0 Å². The van der Waals surface area contributed by atoms with E-state index in [0.29, 0.717) is 0 Å². The second-order valence-corrected chi connectivity index (χ2v) is 3.95. The molecule has 0 aliphatic rings. The first-order valence-electron chi connectivity index (χ1n) is 6.28. The predicted octanol–water partition coefficient (Wildman–Crippen LogP) is 3.81. The minimum atomic E-state index is -0.833. The highest BCUT2D eigenvalue weighted by atomic mass is 16.4. The molecule has 0 spiro atoms. The van der Waals surface area contributed by atoms with E-state index in [9.17, 15) is 4.79 Å². The number of hydrogen-bond donors (Lipinski definition) is 1. The average Bonchev–Trinajstić information content (AvgIpc) is 2.21. The van der Waals surface area contributed by atoms with Gasteiger partial charge >= 0.3 is 0 Å². The summed E-state index contributed by atoms with van der Waals surface area (Å²) in [4.78, 5) is 19.0. The largest absolute Gasteiger partial charge is 0.481 e. The molecule has 0 bridgehead atoms. The maximum Gasteiger partial charge on any atom is 0.300 e. The molecule has 0 aromatic carbocycles. The lowest BCUT2D eigenvalue weighted by Crippen LogP contribution is -1.81. The molecule has 0 aromatic heterocycles. The maximum atomic E-state index is 9.98. The van der Waals surface area contributed by atoms with Crippen molar-refractivity contribution in [3.8, 4) is 0 Å². The molecule has 0 aliphatic heterocycles. The Bertz CT molecular complexity index is 151. The molecule has 0 rings (SSSR count). The minimum Gasteiger partial charge on any atom is -0.481 e. The number of hydrogen-bond acceptors (Lipinski definition) is 2. The van der Waals surface area contributed by atoms with Crippen LogP contribution in [0.1, 0.15) is 71.6 Å². The molecule has 96 valence electrons. The molecule has 1 N–H and O–H groups in total. The van der Waals surface area contributed by atoms with Gasteiger partial charge in [0.25, 0.3) is 5.97 Å². The van der Waals surface area contributed by atoms with Gasteiger partial charge in [-0.25, -0.2) is 0 Å². The van der Waals surface area contributed by atoms with Crippen LogP contribution >= 0.6 is 0 Å². The molecule has 0 aliphatic carbocycles. The number of carbonyl (C=O) groups excluding carboxylic acids is 1. The van der Waals surface area contributed by atoms with Crippen molar-refractivity contribution in [3.63, 3.8) is 0 Å². The Morgan fingerprint density at radius 2 is 1.38 bits per heavy atom. The summed E-state index contributed by atoms with van der Waals surface area (Å²) in [5.74, 6) is -0.833. The lowest BCUT2D eigenvalue weighted by molar-refractivity contribution is -0.134. The molecule has 0 amide bonds. The average molecular weight is 230 g/mol. The van der Waals surface area contributed by atoms with E-state index in [4.69, 9.17) is 9.90 Å². The van der Waals surface area contributed by atoms with Gasteiger partial charge in [-0.1, -0.05) is 51.9 Å². The van der Waals surface area contributed by atoms with Crippen LogP contribution in [0.5, 0.6) is 0 Å². The smallest absolute Gasteiger partial charge is 0.300 e. The van der Waals surface area contributed by atoms with Crippen LogP contribution in [-0.2, 0) is 9.59 Å². The zero-order valence-electron chi connectivity index (χ0n) is 10.7. The summed E-state index contributed by atoms with van der Waals surface area (Å²) in [7, 11) is 0. The highest BCUT2D eigenvalue weighted by molar-refractivity contribution is 5.62. The van der Waals surface area contributed by atoms with Crippen LogP contribution in [0.3, 0.4) is 0 Å². The standard InChI is InChI=1S/C11H22O.C2H4O2/c1-2-3-4-5-6-7-8-9-10-11-12;1-2(3)4/h11H,2-10H2,1H3;1H3,(H,3,4). The first-order chi connectivity index (χ1) is 7.65. The van der Waals surface area contributed by atoms with Crippen molar-refractivity contribution in [2.24, 2.45) is 0 Å². The Labute approximate surface area is 99.2 Å². The number of aliphatic carboxylic acids is 1. The Balaban J connectivity index is 0. The van der Waals surface area contributed by atoms with E-state index in [1.165, 1.54) is 44.9 Å². The summed E-state index contributed by atoms with van der Waals surface area (Å²) < 4.78 is 0.